The molecule has 2 heterocycles. The monoisotopic (exact) mass is 490 g/mol. The minimum absolute atomic E-state index is 0.136. The minimum Gasteiger partial charge on any atom is -0.335 e. The standard InChI is InChI=1S/C28H34N4O4/c1-15-22(7-4-16-2-5-18-12-20(10-16)25(15)18)30-28(36)29-13-17-3-6-19-14-32(27(35)21(19)11-17)23-8-9-24(33)31-26(23)34/h3-4,6,11,15,18,20,22-23,25H,2,5,7-10,12-14H2,1H3,(H2,29,30,36)(H,31,33,34)/b16-4+. The highest BCUT2D eigenvalue weighted by Crippen LogP contribution is 2.55. The number of fused-ring (bicyclic) bond motifs is 2. The first-order chi connectivity index (χ1) is 17.4. The number of urea groups is 1. The number of benzene rings is 1. The molecule has 3 N–H and O–H groups in total. The molecule has 6 aliphatic rings. The van der Waals surface area contributed by atoms with Gasteiger partial charge in [-0.3, -0.25) is 19.7 Å². The maximum Gasteiger partial charge on any atom is 0.315 e. The number of imide groups is 1. The van der Waals surface area contributed by atoms with E-state index in [0.717, 1.165) is 35.3 Å². The van der Waals surface area contributed by atoms with Crippen molar-refractivity contribution in [3.05, 3.63) is 46.5 Å². The van der Waals surface area contributed by atoms with Crippen LogP contribution in [0.3, 0.4) is 0 Å². The highest BCUT2D eigenvalue weighted by molar-refractivity contribution is 6.05. The Labute approximate surface area is 211 Å². The summed E-state index contributed by atoms with van der Waals surface area (Å²) in [7, 11) is 0. The largest absolute Gasteiger partial charge is 0.335 e. The summed E-state index contributed by atoms with van der Waals surface area (Å²) in [4.78, 5) is 51.2. The number of allylic oxidation sites excluding steroid dienone is 1. The summed E-state index contributed by atoms with van der Waals surface area (Å²) in [6.07, 6.45) is 8.97. The molecule has 8 nitrogen and oxygen atoms in total. The molecule has 2 aliphatic heterocycles. The maximum absolute atomic E-state index is 13.0. The molecule has 0 aromatic heterocycles. The molecule has 4 fully saturated rings. The third-order valence-electron chi connectivity index (χ3n) is 9.32. The van der Waals surface area contributed by atoms with Crippen LogP contribution in [0.4, 0.5) is 4.79 Å². The maximum atomic E-state index is 13.0. The van der Waals surface area contributed by atoms with Crippen molar-refractivity contribution in [3.8, 4) is 0 Å². The second-order valence-electron chi connectivity index (χ2n) is 11.4. The molecule has 6 atom stereocenters. The van der Waals surface area contributed by atoms with Gasteiger partial charge in [0.05, 0.1) is 0 Å². The fourth-order valence-electron chi connectivity index (χ4n) is 7.36. The van der Waals surface area contributed by atoms with E-state index in [9.17, 15) is 19.2 Å². The molecule has 4 bridgehead atoms. The van der Waals surface area contributed by atoms with Crippen molar-refractivity contribution in [2.45, 2.75) is 77.0 Å². The molecular formula is C28H34N4O4. The molecule has 1 aromatic carbocycles. The van der Waals surface area contributed by atoms with Crippen LogP contribution in [0.5, 0.6) is 0 Å². The van der Waals surface area contributed by atoms with Crippen LogP contribution >= 0.6 is 0 Å². The Morgan fingerprint density at radius 1 is 1.14 bits per heavy atom. The van der Waals surface area contributed by atoms with Crippen molar-refractivity contribution in [2.24, 2.45) is 23.7 Å². The third-order valence-corrected chi connectivity index (χ3v) is 9.32. The molecule has 190 valence electrons. The van der Waals surface area contributed by atoms with E-state index in [2.05, 4.69) is 29.0 Å². The van der Waals surface area contributed by atoms with Gasteiger partial charge in [-0.15, -0.1) is 0 Å². The molecule has 36 heavy (non-hydrogen) atoms. The minimum atomic E-state index is -0.624. The molecule has 6 unspecified atom stereocenters. The topological polar surface area (TPSA) is 108 Å². The van der Waals surface area contributed by atoms with Crippen LogP contribution in [0.25, 0.3) is 0 Å². The molecule has 7 rings (SSSR count). The number of hydrogen-bond donors (Lipinski definition) is 3. The Bertz CT molecular complexity index is 1160. The summed E-state index contributed by atoms with van der Waals surface area (Å²) in [5, 5.41) is 8.55. The van der Waals surface area contributed by atoms with Gasteiger partial charge in [0.25, 0.3) is 5.91 Å². The van der Waals surface area contributed by atoms with Gasteiger partial charge in [-0.1, -0.05) is 30.7 Å². The van der Waals surface area contributed by atoms with Gasteiger partial charge in [0.2, 0.25) is 11.8 Å². The predicted octanol–water partition coefficient (Wildman–Crippen LogP) is 3.02. The summed E-state index contributed by atoms with van der Waals surface area (Å²) in [6.45, 7) is 2.98. The lowest BCUT2D eigenvalue weighted by Crippen LogP contribution is -2.52. The summed E-state index contributed by atoms with van der Waals surface area (Å²) in [5.74, 6) is 1.87. The van der Waals surface area contributed by atoms with Crippen LogP contribution in [0.1, 0.15) is 73.4 Å². The zero-order valence-electron chi connectivity index (χ0n) is 20.7. The number of nitrogens with one attached hydrogen (secondary N) is 3. The Hall–Kier alpha value is -3.16. The number of carbonyl (C=O) groups is 4. The van der Waals surface area contributed by atoms with Gasteiger partial charge in [-0.05, 0) is 79.4 Å². The molecule has 4 aliphatic carbocycles. The summed E-state index contributed by atoms with van der Waals surface area (Å²) >= 11 is 0. The van der Waals surface area contributed by atoms with Gasteiger partial charge in [-0.25, -0.2) is 4.79 Å². The fourth-order valence-corrected chi connectivity index (χ4v) is 7.36. The van der Waals surface area contributed by atoms with E-state index in [0.29, 0.717) is 31.0 Å². The average molecular weight is 491 g/mol. The normalized spacial score (nSPS) is 34.4. The van der Waals surface area contributed by atoms with E-state index in [1.165, 1.54) is 25.7 Å². The van der Waals surface area contributed by atoms with Crippen molar-refractivity contribution in [2.75, 3.05) is 0 Å². The summed E-state index contributed by atoms with van der Waals surface area (Å²) < 4.78 is 0. The second kappa shape index (κ2) is 9.05. The van der Waals surface area contributed by atoms with Gasteiger partial charge in [0.1, 0.15) is 6.04 Å². The van der Waals surface area contributed by atoms with Crippen LogP contribution in [-0.4, -0.2) is 40.7 Å². The van der Waals surface area contributed by atoms with Gasteiger partial charge >= 0.3 is 6.03 Å². The van der Waals surface area contributed by atoms with Crippen LogP contribution in [-0.2, 0) is 22.7 Å². The number of hydrogen-bond acceptors (Lipinski definition) is 4. The number of amides is 5. The number of carbonyl (C=O) groups excluding carboxylic acids is 4. The molecule has 1 aromatic rings. The molecule has 0 spiro atoms. The van der Waals surface area contributed by atoms with Gasteiger partial charge in [0.15, 0.2) is 0 Å². The molecule has 8 heteroatoms. The second-order valence-corrected chi connectivity index (χ2v) is 11.4. The molecule has 3 saturated carbocycles. The third kappa shape index (κ3) is 4.10. The first-order valence-electron chi connectivity index (χ1n) is 13.4. The Balaban J connectivity index is 1.07. The fraction of sp³-hybridized carbons (Fsp3) is 0.571. The Kier molecular flexibility index (Phi) is 5.85. The van der Waals surface area contributed by atoms with Crippen LogP contribution < -0.4 is 16.0 Å². The smallest absolute Gasteiger partial charge is 0.315 e. The number of nitrogens with zero attached hydrogens (tertiary/aromatic N) is 1. The quantitative estimate of drug-likeness (QED) is 0.445. The van der Waals surface area contributed by atoms with E-state index < -0.39 is 11.9 Å². The zero-order valence-corrected chi connectivity index (χ0v) is 20.7. The molecule has 1 saturated heterocycles. The van der Waals surface area contributed by atoms with Crippen molar-refractivity contribution >= 4 is 23.8 Å². The predicted molar refractivity (Wildman–Crippen MR) is 132 cm³/mol. The first kappa shape index (κ1) is 23.3. The summed E-state index contributed by atoms with van der Waals surface area (Å²) in [6, 6.07) is 4.96. The molecule has 5 amide bonds. The highest BCUT2D eigenvalue weighted by atomic mass is 16.2. The van der Waals surface area contributed by atoms with Crippen molar-refractivity contribution in [1.82, 2.24) is 20.9 Å². The SMILES string of the molecule is CC1C(NC(=O)NCc2ccc3c(c2)C(=O)N(C2CCC(=O)NC2=O)C3)C/C=C2\CCC3CC(C2)C31. The van der Waals surface area contributed by atoms with E-state index in [-0.39, 0.29) is 30.3 Å². The zero-order chi connectivity index (χ0) is 25.0. The van der Waals surface area contributed by atoms with E-state index in [1.807, 2.05) is 18.2 Å². The Morgan fingerprint density at radius 2 is 2.00 bits per heavy atom. The number of rotatable bonds is 4. The van der Waals surface area contributed by atoms with Crippen molar-refractivity contribution < 1.29 is 19.2 Å². The lowest BCUT2D eigenvalue weighted by molar-refractivity contribution is -0.136. The van der Waals surface area contributed by atoms with Gasteiger partial charge in [0, 0.05) is 31.1 Å². The van der Waals surface area contributed by atoms with Gasteiger partial charge in [-0.2, -0.15) is 0 Å². The molecule has 0 radical (unpaired) electrons. The van der Waals surface area contributed by atoms with Crippen LogP contribution in [0.2, 0.25) is 0 Å². The lowest BCUT2D eigenvalue weighted by Gasteiger charge is -2.49. The van der Waals surface area contributed by atoms with E-state index >= 15 is 0 Å². The summed E-state index contributed by atoms with van der Waals surface area (Å²) in [5.41, 5.74) is 3.84. The highest BCUT2D eigenvalue weighted by Gasteiger charge is 2.48. The average Bonchev–Trinajstić information content (AvgIpc) is 2.98. The first-order valence-corrected chi connectivity index (χ1v) is 13.4. The van der Waals surface area contributed by atoms with Crippen LogP contribution in [0.15, 0.2) is 29.8 Å². The molecular weight excluding hydrogens is 456 g/mol. The van der Waals surface area contributed by atoms with Crippen molar-refractivity contribution in [1.29, 1.82) is 0 Å². The van der Waals surface area contributed by atoms with E-state index in [1.54, 1.807) is 10.5 Å². The van der Waals surface area contributed by atoms with E-state index in [4.69, 9.17) is 0 Å². The van der Waals surface area contributed by atoms with Crippen molar-refractivity contribution in [3.63, 3.8) is 0 Å². The van der Waals surface area contributed by atoms with Gasteiger partial charge < -0.3 is 15.5 Å². The Morgan fingerprint density at radius 3 is 2.83 bits per heavy atom. The number of piperidine rings is 1. The van der Waals surface area contributed by atoms with Crippen LogP contribution in [0, 0.1) is 23.7 Å². The lowest BCUT2D eigenvalue weighted by atomic mass is 9.57.